The lowest BCUT2D eigenvalue weighted by Crippen LogP contribution is -2.38. The molecular weight excluding hydrogens is 592 g/mol. The zero-order chi connectivity index (χ0) is 34.0. The number of aliphatic hydroxyl groups excluding tert-OH is 1. The molecule has 2 amide bonds. The third-order valence-corrected chi connectivity index (χ3v) is 8.72. The molecule has 46 heavy (non-hydrogen) atoms. The van der Waals surface area contributed by atoms with Crippen molar-refractivity contribution in [2.24, 2.45) is 17.6 Å². The molecule has 0 aromatic heterocycles. The van der Waals surface area contributed by atoms with Crippen LogP contribution in [0.25, 0.3) is 0 Å². The van der Waals surface area contributed by atoms with Gasteiger partial charge in [0.25, 0.3) is 5.91 Å². The van der Waals surface area contributed by atoms with Crippen LogP contribution in [0.15, 0.2) is 58.5 Å². The van der Waals surface area contributed by atoms with Crippen molar-refractivity contribution in [1.82, 2.24) is 15.5 Å². The highest BCUT2D eigenvalue weighted by Gasteiger charge is 2.33. The summed E-state index contributed by atoms with van der Waals surface area (Å²) in [5.41, 5.74) is 6.66. The fourth-order valence-electron chi connectivity index (χ4n) is 6.12. The summed E-state index contributed by atoms with van der Waals surface area (Å²) in [6, 6.07) is 0. The number of rotatable bonds is 7. The van der Waals surface area contributed by atoms with Gasteiger partial charge in [-0.05, 0) is 64.1 Å². The molecule has 0 saturated carbocycles. The number of carbonyl (C=O) groups excluding carboxylic acids is 4. The highest BCUT2D eigenvalue weighted by molar-refractivity contribution is 6.23. The molecule has 5 N–H and O–H groups in total. The summed E-state index contributed by atoms with van der Waals surface area (Å²) in [5, 5.41) is 17.2. The number of ketones is 2. The van der Waals surface area contributed by atoms with Crippen LogP contribution in [-0.2, 0) is 28.6 Å². The molecule has 0 aromatic carbocycles. The first-order valence-electron chi connectivity index (χ1n) is 15.9. The number of ether oxygens (including phenoxy) is 3. The smallest absolute Gasteiger partial charge is 0.405 e. The largest absolute Gasteiger partial charge is 0.439 e. The fraction of sp³-hybridized carbons (Fsp3) is 0.588. The molecule has 0 unspecified atom stereocenters. The van der Waals surface area contributed by atoms with Crippen LogP contribution >= 0.6 is 0 Å². The molecule has 1 fully saturated rings. The average molecular weight is 643 g/mol. The number of nitrogens with two attached hydrogens (primary N) is 1. The lowest BCUT2D eigenvalue weighted by atomic mass is 9.85. The van der Waals surface area contributed by atoms with Crippen molar-refractivity contribution < 1.29 is 38.5 Å². The van der Waals surface area contributed by atoms with Crippen molar-refractivity contribution in [2.45, 2.75) is 77.8 Å². The van der Waals surface area contributed by atoms with E-state index in [9.17, 15) is 24.3 Å². The molecule has 0 radical (unpaired) electrons. The van der Waals surface area contributed by atoms with Gasteiger partial charge in [0, 0.05) is 50.4 Å². The van der Waals surface area contributed by atoms with Crippen LogP contribution in [0.4, 0.5) is 4.79 Å². The van der Waals surface area contributed by atoms with Gasteiger partial charge in [-0.1, -0.05) is 38.2 Å². The van der Waals surface area contributed by atoms with E-state index in [1.165, 1.54) is 26.4 Å². The minimum Gasteiger partial charge on any atom is -0.439 e. The third kappa shape index (κ3) is 9.96. The number of nitrogens with one attached hydrogen (secondary N) is 2. The molecule has 12 nitrogen and oxygen atoms in total. The van der Waals surface area contributed by atoms with Gasteiger partial charge in [0.2, 0.25) is 11.6 Å². The van der Waals surface area contributed by atoms with Crippen LogP contribution in [0.3, 0.4) is 0 Å². The van der Waals surface area contributed by atoms with E-state index in [4.69, 9.17) is 19.9 Å². The Labute approximate surface area is 271 Å². The molecular formula is C34H50N4O8. The third-order valence-electron chi connectivity index (χ3n) is 8.72. The second-order valence-corrected chi connectivity index (χ2v) is 12.4. The molecule has 6 atom stereocenters. The van der Waals surface area contributed by atoms with E-state index < -0.39 is 48.1 Å². The van der Waals surface area contributed by atoms with Gasteiger partial charge in [0.1, 0.15) is 6.10 Å². The lowest BCUT2D eigenvalue weighted by molar-refractivity contribution is -0.120. The predicted octanol–water partition coefficient (Wildman–Crippen LogP) is 2.45. The van der Waals surface area contributed by atoms with Crippen LogP contribution in [0.5, 0.6) is 0 Å². The Bertz CT molecular complexity index is 1290. The van der Waals surface area contributed by atoms with E-state index in [1.54, 1.807) is 32.1 Å². The molecule has 1 aliphatic carbocycles. The minimum absolute atomic E-state index is 0.0987. The van der Waals surface area contributed by atoms with Crippen molar-refractivity contribution in [3.8, 4) is 0 Å². The number of hydrogen-bond donors (Lipinski definition) is 4. The number of nitrogens with zero attached hydrogens (tertiary/aromatic N) is 1. The number of carbonyl (C=O) groups is 4. The average Bonchev–Trinajstić information content (AvgIpc) is 3.53. The van der Waals surface area contributed by atoms with Gasteiger partial charge in [-0.2, -0.15) is 0 Å². The summed E-state index contributed by atoms with van der Waals surface area (Å²) in [6.45, 7) is 10.3. The number of Topliss-reactive ketones (excluding diaryl/α,β-unsaturated/α-hetero) is 1. The quantitative estimate of drug-likeness (QED) is 0.239. The zero-order valence-electron chi connectivity index (χ0n) is 27.8. The van der Waals surface area contributed by atoms with Gasteiger partial charge in [-0.3, -0.25) is 14.4 Å². The van der Waals surface area contributed by atoms with Crippen LogP contribution in [-0.4, -0.2) is 98.4 Å². The maximum Gasteiger partial charge on any atom is 0.405 e. The number of aliphatic hydroxyl groups is 1. The Hall–Kier alpha value is -3.58. The minimum atomic E-state index is -0.993. The Morgan fingerprint density at radius 3 is 2.46 bits per heavy atom. The topological polar surface area (TPSA) is 170 Å². The molecule has 1 saturated heterocycles. The van der Waals surface area contributed by atoms with Crippen molar-refractivity contribution in [1.29, 1.82) is 0 Å². The number of amides is 2. The maximum absolute atomic E-state index is 13.8. The molecule has 2 heterocycles. The summed E-state index contributed by atoms with van der Waals surface area (Å²) in [4.78, 5) is 54.4. The normalized spacial score (nSPS) is 32.2. The van der Waals surface area contributed by atoms with Crippen molar-refractivity contribution >= 4 is 23.6 Å². The molecule has 12 heteroatoms. The highest BCUT2D eigenvalue weighted by atomic mass is 16.6. The van der Waals surface area contributed by atoms with E-state index in [0.717, 1.165) is 32.5 Å². The van der Waals surface area contributed by atoms with E-state index in [1.807, 2.05) is 13.8 Å². The molecule has 2 bridgehead atoms. The maximum atomic E-state index is 13.8. The molecule has 0 spiro atoms. The predicted molar refractivity (Wildman–Crippen MR) is 173 cm³/mol. The van der Waals surface area contributed by atoms with Gasteiger partial charge in [0.05, 0.1) is 23.6 Å². The van der Waals surface area contributed by atoms with Gasteiger partial charge in [0.15, 0.2) is 6.10 Å². The summed E-state index contributed by atoms with van der Waals surface area (Å²) in [7, 11) is 2.95. The van der Waals surface area contributed by atoms with Crippen LogP contribution in [0.1, 0.15) is 53.4 Å². The second kappa shape index (κ2) is 17.4. The number of primary amides is 1. The molecule has 0 aromatic rings. The van der Waals surface area contributed by atoms with Crippen molar-refractivity contribution in [2.75, 3.05) is 40.4 Å². The van der Waals surface area contributed by atoms with E-state index in [0.29, 0.717) is 24.1 Å². The Morgan fingerprint density at radius 2 is 1.83 bits per heavy atom. The molecule has 254 valence electrons. The molecule has 3 aliphatic rings. The van der Waals surface area contributed by atoms with E-state index in [-0.39, 0.29) is 35.1 Å². The summed E-state index contributed by atoms with van der Waals surface area (Å²) >= 11 is 0. The van der Waals surface area contributed by atoms with Gasteiger partial charge < -0.3 is 40.6 Å². The van der Waals surface area contributed by atoms with Gasteiger partial charge >= 0.3 is 6.09 Å². The summed E-state index contributed by atoms with van der Waals surface area (Å²) < 4.78 is 16.7. The van der Waals surface area contributed by atoms with Gasteiger partial charge in [-0.25, -0.2) is 4.79 Å². The first-order chi connectivity index (χ1) is 21.9. The van der Waals surface area contributed by atoms with Crippen LogP contribution in [0, 0.1) is 11.8 Å². The van der Waals surface area contributed by atoms with E-state index in [2.05, 4.69) is 15.5 Å². The van der Waals surface area contributed by atoms with E-state index >= 15 is 0 Å². The van der Waals surface area contributed by atoms with Crippen molar-refractivity contribution in [3.05, 3.63) is 58.5 Å². The first kappa shape index (κ1) is 36.9. The SMILES string of the molecule is CO[C@H]1/C=C\C=C(/C)C(=O)NC2=CC(=O)C(NCCN3CCCC3)=C(C[C@@H](C)C[C@H](OC)[C@H](O)[C@@H](C)/C=C(\C)[C@@H]1OC(N)=O)C2=O. The number of fused-ring (bicyclic) bond motifs is 2. The number of methoxy groups -OCH3 is 2. The fourth-order valence-corrected chi connectivity index (χ4v) is 6.12. The number of likely N-dealkylation sites (tertiary alicyclic amines) is 1. The molecule has 2 aliphatic heterocycles. The first-order valence-corrected chi connectivity index (χ1v) is 15.9. The van der Waals surface area contributed by atoms with Crippen LogP contribution in [0.2, 0.25) is 0 Å². The molecule has 3 rings (SSSR count). The number of allylic oxidation sites excluding steroid dienone is 4. The van der Waals surface area contributed by atoms with Gasteiger partial charge in [-0.15, -0.1) is 0 Å². The summed E-state index contributed by atoms with van der Waals surface area (Å²) in [6.07, 6.45) is 6.29. The van der Waals surface area contributed by atoms with Crippen molar-refractivity contribution in [3.63, 3.8) is 0 Å². The number of hydrogen-bond acceptors (Lipinski definition) is 10. The summed E-state index contributed by atoms with van der Waals surface area (Å²) in [5.74, 6) is -1.99. The Kier molecular flexibility index (Phi) is 13.9. The lowest BCUT2D eigenvalue weighted by Gasteiger charge is -2.30. The monoisotopic (exact) mass is 642 g/mol. The Balaban J connectivity index is 2.01. The second-order valence-electron chi connectivity index (χ2n) is 12.4. The zero-order valence-corrected chi connectivity index (χ0v) is 27.8. The standard InChI is InChI=1S/C34H50N4O8/c1-20-16-24-29(36-12-15-38-13-7-8-14-38)26(39)19-25(31(24)41)37-33(42)21(2)10-9-11-27(44-5)32(46-34(35)43)23(4)18-22(3)30(40)28(17-20)45-6/h9-11,18-20,22,27-28,30,32,36,40H,7-8,12-17H2,1-6H3,(H2,35,43)(H,37,42)/b11-9-,21-10+,23-18+/t20-,22+,27+,28+,30-,32+/m1/s1. The Morgan fingerprint density at radius 1 is 1.13 bits per heavy atom. The van der Waals surface area contributed by atoms with Crippen LogP contribution < -0.4 is 16.4 Å². The highest BCUT2D eigenvalue weighted by Crippen LogP contribution is 2.29.